The van der Waals surface area contributed by atoms with E-state index in [-0.39, 0.29) is 11.3 Å². The quantitative estimate of drug-likeness (QED) is 0.497. The van der Waals surface area contributed by atoms with Crippen LogP contribution in [0.15, 0.2) is 54.2 Å². The molecule has 1 aliphatic rings. The lowest BCUT2D eigenvalue weighted by Gasteiger charge is -2.26. The summed E-state index contributed by atoms with van der Waals surface area (Å²) in [6, 6.07) is 14.0. The van der Waals surface area contributed by atoms with Crippen LogP contribution in [-0.4, -0.2) is 71.5 Å². The Morgan fingerprint density at radius 1 is 0.812 bits per heavy atom. The molecule has 2 amide bonds. The smallest absolute Gasteiger partial charge is 0.282 e. The lowest BCUT2D eigenvalue weighted by Crippen LogP contribution is -2.37. The minimum Gasteiger partial charge on any atom is -0.497 e. The monoisotopic (exact) mass is 440 g/mol. The number of carbonyl (C=O) groups is 2. The van der Waals surface area contributed by atoms with Crippen molar-refractivity contribution in [3.63, 3.8) is 0 Å². The second kappa shape index (κ2) is 10.8. The third-order valence-corrected chi connectivity index (χ3v) is 5.19. The highest BCUT2D eigenvalue weighted by Crippen LogP contribution is 2.38. The molecule has 0 aromatic heterocycles. The summed E-state index contributed by atoms with van der Waals surface area (Å²) in [7, 11) is 6.25. The maximum atomic E-state index is 13.7. The Balaban J connectivity index is 2.17. The van der Waals surface area contributed by atoms with Crippen molar-refractivity contribution in [3.8, 4) is 11.5 Å². The molecule has 0 saturated heterocycles. The van der Waals surface area contributed by atoms with Crippen molar-refractivity contribution in [2.75, 3.05) is 59.6 Å². The van der Waals surface area contributed by atoms with Crippen molar-refractivity contribution in [2.24, 2.45) is 0 Å². The second-order valence-electron chi connectivity index (χ2n) is 7.04. The fourth-order valence-electron chi connectivity index (χ4n) is 3.63. The van der Waals surface area contributed by atoms with E-state index < -0.39 is 11.8 Å². The van der Waals surface area contributed by atoms with Crippen LogP contribution in [0.4, 0.5) is 5.69 Å². The fourth-order valence-corrected chi connectivity index (χ4v) is 3.63. The Labute approximate surface area is 187 Å². The van der Waals surface area contributed by atoms with E-state index in [1.807, 2.05) is 17.0 Å². The van der Waals surface area contributed by atoms with Gasteiger partial charge >= 0.3 is 0 Å². The van der Waals surface area contributed by atoms with Gasteiger partial charge in [-0.3, -0.25) is 9.59 Å². The van der Waals surface area contributed by atoms with Gasteiger partial charge in [0.15, 0.2) is 0 Å². The predicted octanol–water partition coefficient (Wildman–Crippen LogP) is 2.58. The van der Waals surface area contributed by atoms with E-state index in [1.165, 1.54) is 19.1 Å². The lowest BCUT2D eigenvalue weighted by molar-refractivity contribution is -0.120. The molecule has 0 unspecified atom stereocenters. The fraction of sp³-hybridized carbons (Fsp3) is 0.333. The first kappa shape index (κ1) is 23.3. The Morgan fingerprint density at radius 3 is 2.12 bits per heavy atom. The Morgan fingerprint density at radius 2 is 1.50 bits per heavy atom. The molecule has 2 aromatic carbocycles. The molecule has 3 rings (SSSR count). The number of amides is 2. The van der Waals surface area contributed by atoms with Crippen LogP contribution in [0.25, 0.3) is 5.57 Å². The van der Waals surface area contributed by atoms with Crippen LogP contribution < -0.4 is 14.4 Å². The molecule has 0 spiro atoms. The topological polar surface area (TPSA) is 77.5 Å². The molecule has 0 aliphatic carbocycles. The van der Waals surface area contributed by atoms with Gasteiger partial charge in [-0.15, -0.1) is 0 Å². The SMILES string of the molecule is COCCN(CCOC)C1=C(c2ccccc2OC)C(=O)N(c2cccc(OC)c2)C1=O. The lowest BCUT2D eigenvalue weighted by atomic mass is 10.0. The molecular formula is C24H28N2O6. The van der Waals surface area contributed by atoms with Gasteiger partial charge in [-0.2, -0.15) is 0 Å². The molecule has 8 nitrogen and oxygen atoms in total. The zero-order chi connectivity index (χ0) is 23.1. The van der Waals surface area contributed by atoms with Crippen LogP contribution in [0.2, 0.25) is 0 Å². The van der Waals surface area contributed by atoms with E-state index >= 15 is 0 Å². The van der Waals surface area contributed by atoms with Gasteiger partial charge in [-0.25, -0.2) is 4.90 Å². The molecule has 0 fully saturated rings. The average molecular weight is 440 g/mol. The number of methoxy groups -OCH3 is 4. The van der Waals surface area contributed by atoms with Crippen LogP contribution in [0.1, 0.15) is 5.56 Å². The van der Waals surface area contributed by atoms with Crippen molar-refractivity contribution in [3.05, 3.63) is 59.8 Å². The van der Waals surface area contributed by atoms with Gasteiger partial charge in [0.2, 0.25) is 0 Å². The van der Waals surface area contributed by atoms with Crippen LogP contribution in [0.5, 0.6) is 11.5 Å². The van der Waals surface area contributed by atoms with Crippen molar-refractivity contribution in [1.82, 2.24) is 4.90 Å². The Bertz CT molecular complexity index is 995. The van der Waals surface area contributed by atoms with E-state index in [0.29, 0.717) is 49.1 Å². The van der Waals surface area contributed by atoms with Gasteiger partial charge in [-0.05, 0) is 18.2 Å². The number of rotatable bonds is 11. The first-order valence-corrected chi connectivity index (χ1v) is 10.2. The molecule has 1 heterocycles. The average Bonchev–Trinajstić information content (AvgIpc) is 3.08. The number of hydrogen-bond donors (Lipinski definition) is 0. The molecule has 1 aliphatic heterocycles. The van der Waals surface area contributed by atoms with Crippen molar-refractivity contribution in [1.29, 1.82) is 0 Å². The number of benzene rings is 2. The molecule has 32 heavy (non-hydrogen) atoms. The molecule has 0 atom stereocenters. The standard InChI is InChI=1S/C24H28N2O6/c1-29-14-12-25(13-15-30-2)22-21(19-10-5-6-11-20(19)32-4)23(27)26(24(22)28)17-8-7-9-18(16-17)31-3/h5-11,16H,12-15H2,1-4H3. The summed E-state index contributed by atoms with van der Waals surface area (Å²) in [6.07, 6.45) is 0. The Kier molecular flexibility index (Phi) is 7.86. The molecule has 0 saturated carbocycles. The van der Waals surface area contributed by atoms with Crippen molar-refractivity contribution >= 4 is 23.1 Å². The largest absolute Gasteiger partial charge is 0.497 e. The van der Waals surface area contributed by atoms with Crippen LogP contribution in [-0.2, 0) is 19.1 Å². The number of imide groups is 1. The summed E-state index contributed by atoms with van der Waals surface area (Å²) in [5.41, 5.74) is 1.55. The number of anilines is 1. The van der Waals surface area contributed by atoms with Gasteiger partial charge in [0.25, 0.3) is 11.8 Å². The number of ether oxygens (including phenoxy) is 4. The van der Waals surface area contributed by atoms with Gasteiger partial charge in [0.1, 0.15) is 17.2 Å². The van der Waals surface area contributed by atoms with Gasteiger partial charge < -0.3 is 23.8 Å². The first-order valence-electron chi connectivity index (χ1n) is 10.2. The summed E-state index contributed by atoms with van der Waals surface area (Å²) in [5.74, 6) is 0.206. The Hall–Kier alpha value is -3.36. The minimum atomic E-state index is -0.428. The maximum absolute atomic E-state index is 13.7. The third kappa shape index (κ3) is 4.61. The highest BCUT2D eigenvalue weighted by molar-refractivity contribution is 6.45. The predicted molar refractivity (Wildman–Crippen MR) is 121 cm³/mol. The van der Waals surface area contributed by atoms with E-state index in [9.17, 15) is 9.59 Å². The highest BCUT2D eigenvalue weighted by atomic mass is 16.5. The number of hydrogen-bond acceptors (Lipinski definition) is 7. The summed E-state index contributed by atoms with van der Waals surface area (Å²) in [6.45, 7) is 1.59. The second-order valence-corrected chi connectivity index (χ2v) is 7.04. The zero-order valence-electron chi connectivity index (χ0n) is 18.8. The highest BCUT2D eigenvalue weighted by Gasteiger charge is 2.43. The van der Waals surface area contributed by atoms with Crippen LogP contribution in [0, 0.1) is 0 Å². The first-order chi connectivity index (χ1) is 15.6. The molecule has 0 N–H and O–H groups in total. The van der Waals surface area contributed by atoms with Crippen LogP contribution in [0.3, 0.4) is 0 Å². The molecule has 2 aromatic rings. The molecule has 0 bridgehead atoms. The van der Waals surface area contributed by atoms with Gasteiger partial charge in [0.05, 0.1) is 38.7 Å². The van der Waals surface area contributed by atoms with Gasteiger partial charge in [0, 0.05) is 38.9 Å². The van der Waals surface area contributed by atoms with Crippen molar-refractivity contribution in [2.45, 2.75) is 0 Å². The van der Waals surface area contributed by atoms with E-state index in [4.69, 9.17) is 18.9 Å². The summed E-state index contributed by atoms with van der Waals surface area (Å²) in [5, 5.41) is 0. The van der Waals surface area contributed by atoms with Crippen molar-refractivity contribution < 1.29 is 28.5 Å². The third-order valence-electron chi connectivity index (χ3n) is 5.19. The number of nitrogens with zero attached hydrogens (tertiary/aromatic N) is 2. The minimum absolute atomic E-state index is 0.280. The van der Waals surface area contributed by atoms with Gasteiger partial charge in [-0.1, -0.05) is 24.3 Å². The number of para-hydroxylation sites is 1. The van der Waals surface area contributed by atoms with E-state index in [2.05, 4.69) is 0 Å². The van der Waals surface area contributed by atoms with Crippen LogP contribution >= 0.6 is 0 Å². The summed E-state index contributed by atoms with van der Waals surface area (Å²) < 4.78 is 21.3. The molecule has 8 heteroatoms. The normalized spacial score (nSPS) is 13.7. The molecule has 170 valence electrons. The summed E-state index contributed by atoms with van der Waals surface area (Å²) >= 11 is 0. The zero-order valence-corrected chi connectivity index (χ0v) is 18.8. The molecular weight excluding hydrogens is 412 g/mol. The van der Waals surface area contributed by atoms with E-state index in [0.717, 1.165) is 0 Å². The molecule has 0 radical (unpaired) electrons. The summed E-state index contributed by atoms with van der Waals surface area (Å²) in [4.78, 5) is 30.4. The number of carbonyl (C=O) groups excluding carboxylic acids is 2. The maximum Gasteiger partial charge on any atom is 0.282 e. The van der Waals surface area contributed by atoms with E-state index in [1.54, 1.807) is 50.6 Å².